The number of hydrogen-bond acceptors (Lipinski definition) is 3. The number of pyridine rings is 1. The lowest BCUT2D eigenvalue weighted by Gasteiger charge is -2.37. The van der Waals surface area contributed by atoms with Gasteiger partial charge in [-0.05, 0) is 31.4 Å². The summed E-state index contributed by atoms with van der Waals surface area (Å²) < 4.78 is 0. The monoisotopic (exact) mass is 277 g/mol. The normalized spacial score (nSPS) is 17.7. The van der Waals surface area contributed by atoms with E-state index in [9.17, 15) is 4.79 Å². The van der Waals surface area contributed by atoms with Gasteiger partial charge in [0.25, 0.3) is 5.91 Å². The zero-order valence-electron chi connectivity index (χ0n) is 11.1. The molecule has 1 fully saturated rings. The third-order valence-corrected chi connectivity index (χ3v) is 4.06. The molecule has 1 aliphatic rings. The van der Waals surface area contributed by atoms with Crippen molar-refractivity contribution in [2.24, 2.45) is 5.73 Å². The molecule has 0 radical (unpaired) electrons. The van der Waals surface area contributed by atoms with Crippen LogP contribution in [-0.4, -0.2) is 21.4 Å². The molecule has 0 aromatic carbocycles. The average molecular weight is 277 g/mol. The molecule has 5 heteroatoms. The predicted octanol–water partition coefficient (Wildman–Crippen LogP) is 2.11. The first kappa shape index (κ1) is 13.9. The molecule has 1 aliphatic carbocycles. The lowest BCUT2D eigenvalue weighted by Crippen LogP contribution is -2.57. The van der Waals surface area contributed by atoms with Crippen molar-refractivity contribution < 1.29 is 4.79 Å². The molecule has 1 aromatic heterocycles. The van der Waals surface area contributed by atoms with Gasteiger partial charge in [0.15, 0.2) is 0 Å². The number of nitrogens with two attached hydrogens (primary N) is 1. The van der Waals surface area contributed by atoms with Crippen LogP contribution in [0.1, 0.15) is 48.0 Å². The number of nitrogens with one attached hydrogen (secondary N) is 1. The first-order valence-electron chi connectivity index (χ1n) is 6.58. The Kier molecular flexibility index (Phi) is 4.14. The Balaban J connectivity index is 2.18. The Morgan fingerprint density at radius 3 is 2.63 bits per heavy atom. The fourth-order valence-electron chi connectivity index (χ4n) is 2.56. The maximum atomic E-state index is 12.3. The van der Waals surface area contributed by atoms with E-state index in [4.69, 9.17) is 18.0 Å². The van der Waals surface area contributed by atoms with Crippen molar-refractivity contribution in [2.45, 2.75) is 44.6 Å². The van der Waals surface area contributed by atoms with E-state index >= 15 is 0 Å². The van der Waals surface area contributed by atoms with E-state index in [-0.39, 0.29) is 5.91 Å². The third kappa shape index (κ3) is 3.10. The van der Waals surface area contributed by atoms with Gasteiger partial charge in [0.05, 0.1) is 16.1 Å². The van der Waals surface area contributed by atoms with Crippen LogP contribution >= 0.6 is 12.2 Å². The molecule has 0 aliphatic heterocycles. The van der Waals surface area contributed by atoms with Gasteiger partial charge in [-0.2, -0.15) is 0 Å². The topological polar surface area (TPSA) is 68.0 Å². The van der Waals surface area contributed by atoms with Crippen molar-refractivity contribution in [3.8, 4) is 0 Å². The Hall–Kier alpha value is -1.49. The molecule has 1 saturated carbocycles. The Morgan fingerprint density at radius 1 is 1.37 bits per heavy atom. The van der Waals surface area contributed by atoms with Crippen molar-refractivity contribution in [3.63, 3.8) is 0 Å². The number of hydrogen-bond donors (Lipinski definition) is 2. The summed E-state index contributed by atoms with van der Waals surface area (Å²) in [5.74, 6) is -0.147. The SMILES string of the molecule is Cc1cncc(C(=O)NC2(C(N)=S)CCCCC2)c1. The molecule has 0 bridgehead atoms. The molecule has 3 N–H and O–H groups in total. The molecule has 2 rings (SSSR count). The van der Waals surface area contributed by atoms with E-state index < -0.39 is 5.54 Å². The van der Waals surface area contributed by atoms with Crippen molar-refractivity contribution >= 4 is 23.1 Å². The fourth-order valence-corrected chi connectivity index (χ4v) is 2.81. The first-order chi connectivity index (χ1) is 9.03. The van der Waals surface area contributed by atoms with Gasteiger partial charge in [0, 0.05) is 12.4 Å². The molecule has 1 heterocycles. The average Bonchev–Trinajstić information content (AvgIpc) is 2.39. The van der Waals surface area contributed by atoms with Crippen molar-refractivity contribution in [1.29, 1.82) is 0 Å². The van der Waals surface area contributed by atoms with Crippen molar-refractivity contribution in [1.82, 2.24) is 10.3 Å². The minimum absolute atomic E-state index is 0.147. The van der Waals surface area contributed by atoms with Crippen LogP contribution < -0.4 is 11.1 Å². The van der Waals surface area contributed by atoms with Gasteiger partial charge < -0.3 is 11.1 Å². The summed E-state index contributed by atoms with van der Waals surface area (Å²) >= 11 is 5.17. The molecule has 1 amide bonds. The van der Waals surface area contributed by atoms with E-state index in [1.807, 2.05) is 13.0 Å². The highest BCUT2D eigenvalue weighted by atomic mass is 32.1. The minimum atomic E-state index is -0.519. The summed E-state index contributed by atoms with van der Waals surface area (Å²) in [5.41, 5.74) is 6.86. The van der Waals surface area contributed by atoms with Gasteiger partial charge in [-0.25, -0.2) is 0 Å². The lowest BCUT2D eigenvalue weighted by atomic mass is 9.81. The van der Waals surface area contributed by atoms with Crippen LogP contribution in [0.15, 0.2) is 18.5 Å². The summed E-state index contributed by atoms with van der Waals surface area (Å²) in [6.07, 6.45) is 8.21. The second-order valence-electron chi connectivity index (χ2n) is 5.21. The van der Waals surface area contributed by atoms with E-state index in [1.165, 1.54) is 6.42 Å². The van der Waals surface area contributed by atoms with E-state index in [1.54, 1.807) is 12.4 Å². The van der Waals surface area contributed by atoms with Crippen LogP contribution in [0.3, 0.4) is 0 Å². The van der Waals surface area contributed by atoms with E-state index in [0.717, 1.165) is 31.2 Å². The van der Waals surface area contributed by atoms with E-state index in [2.05, 4.69) is 10.3 Å². The fraction of sp³-hybridized carbons (Fsp3) is 0.500. The molecular formula is C14H19N3OS. The summed E-state index contributed by atoms with van der Waals surface area (Å²) in [6, 6.07) is 1.82. The molecule has 0 spiro atoms. The predicted molar refractivity (Wildman–Crippen MR) is 79.0 cm³/mol. The Morgan fingerprint density at radius 2 is 2.05 bits per heavy atom. The molecule has 19 heavy (non-hydrogen) atoms. The van der Waals surface area contributed by atoms with Crippen LogP contribution in [0.4, 0.5) is 0 Å². The second-order valence-corrected chi connectivity index (χ2v) is 5.65. The van der Waals surface area contributed by atoms with Gasteiger partial charge in [0.1, 0.15) is 0 Å². The summed E-state index contributed by atoms with van der Waals surface area (Å²) in [7, 11) is 0. The number of aryl methyl sites for hydroxylation is 1. The molecule has 0 atom stereocenters. The Bertz CT molecular complexity index is 495. The zero-order valence-corrected chi connectivity index (χ0v) is 11.9. The zero-order chi connectivity index (χ0) is 13.9. The Labute approximate surface area is 118 Å². The van der Waals surface area contributed by atoms with Crippen molar-refractivity contribution in [3.05, 3.63) is 29.6 Å². The summed E-state index contributed by atoms with van der Waals surface area (Å²) in [4.78, 5) is 16.7. The van der Waals surface area contributed by atoms with Gasteiger partial charge >= 0.3 is 0 Å². The number of amides is 1. The third-order valence-electron chi connectivity index (χ3n) is 3.67. The van der Waals surface area contributed by atoms with Crippen LogP contribution in [-0.2, 0) is 0 Å². The van der Waals surface area contributed by atoms with Crippen LogP contribution in [0.5, 0.6) is 0 Å². The van der Waals surface area contributed by atoms with Gasteiger partial charge in [0.2, 0.25) is 0 Å². The van der Waals surface area contributed by atoms with E-state index in [0.29, 0.717) is 10.6 Å². The number of carbonyl (C=O) groups excluding carboxylic acids is 1. The second kappa shape index (κ2) is 5.65. The quantitative estimate of drug-likeness (QED) is 0.830. The number of aromatic nitrogens is 1. The minimum Gasteiger partial charge on any atom is -0.391 e. The van der Waals surface area contributed by atoms with Gasteiger partial charge in [-0.15, -0.1) is 0 Å². The van der Waals surface area contributed by atoms with Crippen LogP contribution in [0, 0.1) is 6.92 Å². The molecule has 4 nitrogen and oxygen atoms in total. The number of nitrogens with zero attached hydrogens (tertiary/aromatic N) is 1. The molecule has 1 aromatic rings. The summed E-state index contributed by atoms with van der Waals surface area (Å²) in [6.45, 7) is 1.91. The standard InChI is InChI=1S/C14H19N3OS/c1-10-7-11(9-16-8-10)12(18)17-14(13(15)19)5-3-2-4-6-14/h7-9H,2-6H2,1H3,(H2,15,19)(H,17,18). The molecule has 102 valence electrons. The largest absolute Gasteiger partial charge is 0.391 e. The van der Waals surface area contributed by atoms with Gasteiger partial charge in [-0.3, -0.25) is 9.78 Å². The molecule has 0 unspecified atom stereocenters. The highest BCUT2D eigenvalue weighted by molar-refractivity contribution is 7.80. The highest BCUT2D eigenvalue weighted by Crippen LogP contribution is 2.29. The smallest absolute Gasteiger partial charge is 0.253 e. The van der Waals surface area contributed by atoms with Crippen LogP contribution in [0.25, 0.3) is 0 Å². The number of thiocarbonyl (C=S) groups is 1. The summed E-state index contributed by atoms with van der Waals surface area (Å²) in [5, 5.41) is 3.03. The maximum absolute atomic E-state index is 12.3. The van der Waals surface area contributed by atoms with Crippen LogP contribution in [0.2, 0.25) is 0 Å². The first-order valence-corrected chi connectivity index (χ1v) is 6.98. The molecular weight excluding hydrogens is 258 g/mol. The maximum Gasteiger partial charge on any atom is 0.253 e. The van der Waals surface area contributed by atoms with Crippen molar-refractivity contribution in [2.75, 3.05) is 0 Å². The lowest BCUT2D eigenvalue weighted by molar-refractivity contribution is 0.0908. The van der Waals surface area contributed by atoms with Gasteiger partial charge in [-0.1, -0.05) is 31.5 Å². The highest BCUT2D eigenvalue weighted by Gasteiger charge is 2.36. The number of rotatable bonds is 3. The molecule has 0 saturated heterocycles. The number of carbonyl (C=O) groups is 1.